The molecule has 0 saturated carbocycles. The molecule has 0 spiro atoms. The number of carbonyl (C=O) groups is 3. The predicted molar refractivity (Wildman–Crippen MR) is 79.9 cm³/mol. The van der Waals surface area contributed by atoms with E-state index < -0.39 is 17.8 Å². The molecule has 1 fully saturated rings. The third-order valence-corrected chi connectivity index (χ3v) is 3.49. The van der Waals surface area contributed by atoms with Crippen molar-refractivity contribution in [3.63, 3.8) is 0 Å². The smallest absolute Gasteiger partial charge is 0.334 e. The molecule has 118 valence electrons. The number of nitrogens with zero attached hydrogens (tertiary/aromatic N) is 3. The van der Waals surface area contributed by atoms with Crippen LogP contribution < -0.4 is 0 Å². The molecular formula is C16H15N3O4. The van der Waals surface area contributed by atoms with Gasteiger partial charge in [-0.3, -0.25) is 14.5 Å². The van der Waals surface area contributed by atoms with E-state index in [9.17, 15) is 14.4 Å². The molecule has 0 unspecified atom stereocenters. The molecule has 2 aromatic rings. The number of imide groups is 2. The lowest BCUT2D eigenvalue weighted by Crippen LogP contribution is -2.37. The fraction of sp³-hybridized carbons (Fsp3) is 0.250. The maximum Gasteiger partial charge on any atom is 0.334 e. The van der Waals surface area contributed by atoms with E-state index in [4.69, 9.17) is 4.42 Å². The Bertz CT molecular complexity index is 767. The second-order valence-electron chi connectivity index (χ2n) is 5.45. The Morgan fingerprint density at radius 3 is 2.39 bits per heavy atom. The van der Waals surface area contributed by atoms with Crippen LogP contribution in [0, 0.1) is 0 Å². The van der Waals surface area contributed by atoms with E-state index in [2.05, 4.69) is 4.98 Å². The quantitative estimate of drug-likeness (QED) is 0.637. The number of aromatic nitrogens is 1. The first-order valence-electron chi connectivity index (χ1n) is 7.18. The number of hydrogen-bond donors (Lipinski definition) is 0. The van der Waals surface area contributed by atoms with Gasteiger partial charge in [0.15, 0.2) is 0 Å². The molecule has 0 radical (unpaired) electrons. The van der Waals surface area contributed by atoms with Gasteiger partial charge in [0.1, 0.15) is 6.26 Å². The molecule has 1 aliphatic rings. The lowest BCUT2D eigenvalue weighted by molar-refractivity contribution is -0.144. The first-order valence-corrected chi connectivity index (χ1v) is 7.18. The highest BCUT2D eigenvalue weighted by Crippen LogP contribution is 2.21. The van der Waals surface area contributed by atoms with Crippen LogP contribution in [-0.2, 0) is 16.1 Å². The normalized spacial score (nSPS) is 15.2. The summed E-state index contributed by atoms with van der Waals surface area (Å²) in [5.41, 5.74) is 1.20. The summed E-state index contributed by atoms with van der Waals surface area (Å²) in [5.74, 6) is -1.25. The Balaban J connectivity index is 1.80. The molecule has 0 bridgehead atoms. The predicted octanol–water partition coefficient (Wildman–Crippen LogP) is 2.04. The summed E-state index contributed by atoms with van der Waals surface area (Å²) in [6.07, 6.45) is 1.38. The van der Waals surface area contributed by atoms with Crippen LogP contribution in [0.15, 0.2) is 41.0 Å². The van der Waals surface area contributed by atoms with E-state index in [0.29, 0.717) is 11.6 Å². The minimum Gasteiger partial charge on any atom is -0.444 e. The third kappa shape index (κ3) is 2.61. The maximum atomic E-state index is 12.2. The fourth-order valence-corrected chi connectivity index (χ4v) is 2.37. The zero-order valence-corrected chi connectivity index (χ0v) is 12.7. The number of hydrogen-bond acceptors (Lipinski definition) is 5. The summed E-state index contributed by atoms with van der Waals surface area (Å²) in [6.45, 7) is 3.26. The summed E-state index contributed by atoms with van der Waals surface area (Å²) in [7, 11) is 0. The van der Waals surface area contributed by atoms with Crippen LogP contribution in [0.5, 0.6) is 0 Å². The van der Waals surface area contributed by atoms with Crippen molar-refractivity contribution in [1.29, 1.82) is 0 Å². The monoisotopic (exact) mass is 313 g/mol. The average molecular weight is 313 g/mol. The van der Waals surface area contributed by atoms with E-state index >= 15 is 0 Å². The van der Waals surface area contributed by atoms with Gasteiger partial charge >= 0.3 is 17.8 Å². The average Bonchev–Trinajstić information content (AvgIpc) is 3.08. The Morgan fingerprint density at radius 2 is 1.78 bits per heavy atom. The second kappa shape index (κ2) is 5.68. The van der Waals surface area contributed by atoms with Crippen LogP contribution >= 0.6 is 0 Å². The summed E-state index contributed by atoms with van der Waals surface area (Å²) in [5, 5.41) is 0. The molecule has 3 rings (SSSR count). The van der Waals surface area contributed by atoms with E-state index in [0.717, 1.165) is 15.4 Å². The van der Waals surface area contributed by atoms with E-state index in [1.807, 2.05) is 30.3 Å². The van der Waals surface area contributed by atoms with Crippen molar-refractivity contribution in [2.45, 2.75) is 26.4 Å². The van der Waals surface area contributed by atoms with Gasteiger partial charge in [0.2, 0.25) is 5.89 Å². The van der Waals surface area contributed by atoms with Crippen molar-refractivity contribution >= 4 is 17.8 Å². The molecule has 23 heavy (non-hydrogen) atoms. The number of oxazole rings is 1. The SMILES string of the molecule is CC(C)N1C(=O)C(=O)N(Cc2coc(-c3ccccc3)n2)C1=O. The summed E-state index contributed by atoms with van der Waals surface area (Å²) in [4.78, 5) is 42.1. The molecule has 4 amide bonds. The second-order valence-corrected chi connectivity index (χ2v) is 5.45. The molecule has 1 aromatic heterocycles. The van der Waals surface area contributed by atoms with Crippen molar-refractivity contribution in [3.8, 4) is 11.5 Å². The first-order chi connectivity index (χ1) is 11.0. The number of benzene rings is 1. The van der Waals surface area contributed by atoms with Crippen LogP contribution in [0.3, 0.4) is 0 Å². The van der Waals surface area contributed by atoms with Gasteiger partial charge in [-0.2, -0.15) is 0 Å². The van der Waals surface area contributed by atoms with Gasteiger partial charge < -0.3 is 4.42 Å². The molecule has 7 nitrogen and oxygen atoms in total. The fourth-order valence-electron chi connectivity index (χ4n) is 2.37. The Hall–Kier alpha value is -2.96. The van der Waals surface area contributed by atoms with E-state index in [-0.39, 0.29) is 12.6 Å². The topological polar surface area (TPSA) is 83.7 Å². The van der Waals surface area contributed by atoms with Crippen LogP contribution in [0.25, 0.3) is 11.5 Å². The van der Waals surface area contributed by atoms with Gasteiger partial charge in [-0.25, -0.2) is 14.7 Å². The van der Waals surface area contributed by atoms with Crippen molar-refractivity contribution in [2.75, 3.05) is 0 Å². The number of amides is 4. The molecule has 0 N–H and O–H groups in total. The molecule has 7 heteroatoms. The zero-order valence-electron chi connectivity index (χ0n) is 12.7. The molecule has 1 aromatic carbocycles. The minimum absolute atomic E-state index is 0.0943. The molecular weight excluding hydrogens is 298 g/mol. The van der Waals surface area contributed by atoms with Gasteiger partial charge in [0, 0.05) is 11.6 Å². The Morgan fingerprint density at radius 1 is 1.09 bits per heavy atom. The molecule has 1 aliphatic heterocycles. The Kier molecular flexibility index (Phi) is 3.69. The zero-order chi connectivity index (χ0) is 16.6. The number of urea groups is 1. The van der Waals surface area contributed by atoms with Crippen molar-refractivity contribution in [1.82, 2.24) is 14.8 Å². The van der Waals surface area contributed by atoms with Gasteiger partial charge in [0.25, 0.3) is 0 Å². The molecule has 2 heterocycles. The summed E-state index contributed by atoms with van der Waals surface area (Å²) >= 11 is 0. The van der Waals surface area contributed by atoms with Crippen LogP contribution in [0.1, 0.15) is 19.5 Å². The lowest BCUT2D eigenvalue weighted by Gasteiger charge is -2.17. The molecule has 1 saturated heterocycles. The third-order valence-electron chi connectivity index (χ3n) is 3.49. The largest absolute Gasteiger partial charge is 0.444 e. The standard InChI is InChI=1S/C16H15N3O4/c1-10(2)19-15(21)14(20)18(16(19)22)8-12-9-23-13(17-12)11-6-4-3-5-7-11/h3-7,9-10H,8H2,1-2H3. The highest BCUT2D eigenvalue weighted by atomic mass is 16.3. The van der Waals surface area contributed by atoms with Crippen LogP contribution in [0.4, 0.5) is 4.79 Å². The number of rotatable bonds is 4. The highest BCUT2D eigenvalue weighted by Gasteiger charge is 2.45. The van der Waals surface area contributed by atoms with Crippen LogP contribution in [-0.4, -0.2) is 38.7 Å². The van der Waals surface area contributed by atoms with Crippen molar-refractivity contribution in [3.05, 3.63) is 42.3 Å². The van der Waals surface area contributed by atoms with Crippen molar-refractivity contribution in [2.24, 2.45) is 0 Å². The minimum atomic E-state index is -0.840. The molecule has 0 atom stereocenters. The van der Waals surface area contributed by atoms with Gasteiger partial charge in [-0.05, 0) is 26.0 Å². The summed E-state index contributed by atoms with van der Waals surface area (Å²) in [6, 6.07) is 8.26. The maximum absolute atomic E-state index is 12.2. The number of carbonyl (C=O) groups excluding carboxylic acids is 3. The van der Waals surface area contributed by atoms with Gasteiger partial charge in [-0.1, -0.05) is 18.2 Å². The van der Waals surface area contributed by atoms with E-state index in [1.165, 1.54) is 6.26 Å². The van der Waals surface area contributed by atoms with Crippen molar-refractivity contribution < 1.29 is 18.8 Å². The highest BCUT2D eigenvalue weighted by molar-refractivity contribution is 6.44. The van der Waals surface area contributed by atoms with E-state index in [1.54, 1.807) is 13.8 Å². The first kappa shape index (κ1) is 15.0. The summed E-state index contributed by atoms with van der Waals surface area (Å²) < 4.78 is 5.37. The molecule has 0 aliphatic carbocycles. The van der Waals surface area contributed by atoms with Crippen LogP contribution in [0.2, 0.25) is 0 Å². The lowest BCUT2D eigenvalue weighted by atomic mass is 10.2. The van der Waals surface area contributed by atoms with Gasteiger partial charge in [0.05, 0.1) is 12.2 Å². The Labute approximate surface area is 132 Å². The van der Waals surface area contributed by atoms with Gasteiger partial charge in [-0.15, -0.1) is 0 Å².